The number of allylic oxidation sites excluding steroid dienone is 18. The Balaban J connectivity index is 4.66. The summed E-state index contributed by atoms with van der Waals surface area (Å²) in [6.45, 7) is 3.93. The van der Waals surface area contributed by atoms with Gasteiger partial charge in [-0.1, -0.05) is 135 Å². The Bertz CT molecular complexity index is 1430. The molecule has 0 aliphatic carbocycles. The number of carbonyl (C=O) groups excluding carboxylic acids is 2. The third-order valence-electron chi connectivity index (χ3n) is 8.08. The van der Waals surface area contributed by atoms with Gasteiger partial charge in [-0.3, -0.25) is 18.6 Å². The van der Waals surface area contributed by atoms with Crippen LogP contribution in [-0.2, 0) is 32.7 Å². The maximum atomic E-state index is 12.7. The Morgan fingerprint density at radius 2 is 1.14 bits per heavy atom. The molecule has 11 heteroatoms. The Hall–Kier alpha value is -3.63. The standard InChI is InChI=1S/C48H76NO9P/c1-6-8-10-12-14-15-16-17-18-19-20-24-27-31-35-39-47(51)55-43-46(44-57-59(53,54)56-42-41-49(3,4)5)58-48(52)40-36-32-28-25-22-21-23-26-30-34-38-45(50)37-33-29-13-11-9-7-2/h8-11,14-15,17-18,20-22,24,26,28-30,32-34,38,45-46,50H,6-7,12-13,16,19,23,25,27,31,35-37,39-44H2,1-5H3/p+1/b10-8-,11-9-,15-14-,18-17-,22-21-,24-20-,30-26-,32-28-,33-29-,38-34+/t45?,46-/m1/s1. The van der Waals surface area contributed by atoms with Crippen LogP contribution in [0.5, 0.6) is 0 Å². The summed E-state index contributed by atoms with van der Waals surface area (Å²) in [6.07, 6.45) is 50.1. The van der Waals surface area contributed by atoms with E-state index in [-0.39, 0.29) is 26.1 Å². The van der Waals surface area contributed by atoms with Crippen LogP contribution in [0.1, 0.15) is 110 Å². The van der Waals surface area contributed by atoms with Crippen molar-refractivity contribution in [1.29, 1.82) is 0 Å². The number of phosphoric ester groups is 1. The number of hydrogen-bond acceptors (Lipinski definition) is 8. The van der Waals surface area contributed by atoms with Gasteiger partial charge in [0.1, 0.15) is 19.8 Å². The van der Waals surface area contributed by atoms with Gasteiger partial charge < -0.3 is 24.0 Å². The normalized spacial score (nSPS) is 15.3. The highest BCUT2D eigenvalue weighted by atomic mass is 31.2. The second kappa shape index (κ2) is 38.6. The summed E-state index contributed by atoms with van der Waals surface area (Å²) >= 11 is 0. The van der Waals surface area contributed by atoms with Crippen molar-refractivity contribution in [2.75, 3.05) is 47.5 Å². The fraction of sp³-hybridized carbons (Fsp3) is 0.542. The zero-order valence-electron chi connectivity index (χ0n) is 36.8. The molecule has 332 valence electrons. The van der Waals surface area contributed by atoms with E-state index in [4.69, 9.17) is 18.5 Å². The Labute approximate surface area is 357 Å². The van der Waals surface area contributed by atoms with Crippen LogP contribution < -0.4 is 0 Å². The van der Waals surface area contributed by atoms with Crippen LogP contribution in [0.3, 0.4) is 0 Å². The molecule has 0 saturated carbocycles. The maximum absolute atomic E-state index is 12.7. The lowest BCUT2D eigenvalue weighted by Gasteiger charge is -2.24. The maximum Gasteiger partial charge on any atom is 0.472 e. The molecule has 0 aliphatic heterocycles. The van der Waals surface area contributed by atoms with Crippen molar-refractivity contribution in [2.24, 2.45) is 0 Å². The number of unbranched alkanes of at least 4 members (excludes halogenated alkanes) is 2. The van der Waals surface area contributed by atoms with Crippen LogP contribution >= 0.6 is 7.82 Å². The van der Waals surface area contributed by atoms with E-state index < -0.39 is 38.6 Å². The smallest absolute Gasteiger partial charge is 0.462 e. The van der Waals surface area contributed by atoms with Crippen molar-refractivity contribution < 1.29 is 47.2 Å². The van der Waals surface area contributed by atoms with Gasteiger partial charge in [-0.15, -0.1) is 0 Å². The number of likely N-dealkylation sites (N-methyl/N-ethyl adjacent to an activating group) is 1. The molecule has 59 heavy (non-hydrogen) atoms. The van der Waals surface area contributed by atoms with Gasteiger partial charge in [0.05, 0.1) is 33.9 Å². The van der Waals surface area contributed by atoms with Crippen molar-refractivity contribution in [3.05, 3.63) is 122 Å². The van der Waals surface area contributed by atoms with Gasteiger partial charge >= 0.3 is 19.8 Å². The number of aliphatic hydroxyl groups excluding tert-OH is 1. The summed E-state index contributed by atoms with van der Waals surface area (Å²) in [4.78, 5) is 35.3. The minimum Gasteiger partial charge on any atom is -0.462 e. The summed E-state index contributed by atoms with van der Waals surface area (Å²) in [5.41, 5.74) is 0. The molecule has 2 N–H and O–H groups in total. The number of hydrogen-bond donors (Lipinski definition) is 2. The van der Waals surface area contributed by atoms with Gasteiger partial charge in [-0.2, -0.15) is 0 Å². The highest BCUT2D eigenvalue weighted by molar-refractivity contribution is 7.47. The number of nitrogens with zero attached hydrogens (tertiary/aromatic N) is 1. The molecule has 0 aliphatic rings. The fourth-order valence-electron chi connectivity index (χ4n) is 4.76. The molecule has 10 nitrogen and oxygen atoms in total. The molecule has 0 bridgehead atoms. The van der Waals surface area contributed by atoms with Crippen LogP contribution in [0.4, 0.5) is 0 Å². The molecule has 0 spiro atoms. The molecule has 0 heterocycles. The van der Waals surface area contributed by atoms with Gasteiger partial charge in [0.15, 0.2) is 6.10 Å². The van der Waals surface area contributed by atoms with Crippen molar-refractivity contribution in [1.82, 2.24) is 0 Å². The van der Waals surface area contributed by atoms with Crippen LogP contribution in [0.15, 0.2) is 122 Å². The third-order valence-corrected chi connectivity index (χ3v) is 9.07. The first-order chi connectivity index (χ1) is 28.4. The molecule has 0 saturated heterocycles. The van der Waals surface area contributed by atoms with E-state index in [1.807, 2.05) is 69.8 Å². The number of ether oxygens (including phenoxy) is 2. The second-order valence-corrected chi connectivity index (χ2v) is 16.3. The van der Waals surface area contributed by atoms with E-state index in [9.17, 15) is 24.2 Å². The third kappa shape index (κ3) is 42.3. The topological polar surface area (TPSA) is 129 Å². The average Bonchev–Trinajstić information content (AvgIpc) is 3.18. The largest absolute Gasteiger partial charge is 0.472 e. The van der Waals surface area contributed by atoms with Crippen molar-refractivity contribution in [2.45, 2.75) is 122 Å². The van der Waals surface area contributed by atoms with E-state index in [2.05, 4.69) is 80.7 Å². The first-order valence-electron chi connectivity index (χ1n) is 21.4. The lowest BCUT2D eigenvalue weighted by atomic mass is 10.2. The lowest BCUT2D eigenvalue weighted by Crippen LogP contribution is -2.37. The van der Waals surface area contributed by atoms with Gasteiger partial charge in [-0.05, 0) is 83.5 Å². The fourth-order valence-corrected chi connectivity index (χ4v) is 5.50. The van der Waals surface area contributed by atoms with E-state index in [0.717, 1.165) is 57.8 Å². The van der Waals surface area contributed by atoms with Crippen molar-refractivity contribution >= 4 is 19.8 Å². The van der Waals surface area contributed by atoms with E-state index >= 15 is 0 Å². The quantitative estimate of drug-likeness (QED) is 0.0158. The molecule has 0 fully saturated rings. The summed E-state index contributed by atoms with van der Waals surface area (Å²) in [5, 5.41) is 10.0. The monoisotopic (exact) mass is 843 g/mol. The lowest BCUT2D eigenvalue weighted by molar-refractivity contribution is -0.870. The first-order valence-corrected chi connectivity index (χ1v) is 22.9. The predicted molar refractivity (Wildman–Crippen MR) is 243 cm³/mol. The highest BCUT2D eigenvalue weighted by Gasteiger charge is 2.27. The number of rotatable bonds is 36. The summed E-state index contributed by atoms with van der Waals surface area (Å²) in [5.74, 6) is -0.992. The number of aliphatic hydroxyl groups is 1. The molecule has 0 radical (unpaired) electrons. The predicted octanol–water partition coefficient (Wildman–Crippen LogP) is 11.1. The molecular formula is C48H77NO9P+. The molecule has 3 atom stereocenters. The van der Waals surface area contributed by atoms with Crippen molar-refractivity contribution in [3.63, 3.8) is 0 Å². The molecule has 0 aromatic carbocycles. The minimum absolute atomic E-state index is 0.00561. The highest BCUT2D eigenvalue weighted by Crippen LogP contribution is 2.43. The number of quaternary nitrogens is 1. The van der Waals surface area contributed by atoms with Crippen LogP contribution in [0.2, 0.25) is 0 Å². The Kier molecular flexibility index (Phi) is 36.2. The van der Waals surface area contributed by atoms with Crippen LogP contribution in [0.25, 0.3) is 0 Å². The molecule has 0 rings (SSSR count). The number of esters is 2. The summed E-state index contributed by atoms with van der Waals surface area (Å²) in [6, 6.07) is 0. The second-order valence-electron chi connectivity index (χ2n) is 14.8. The Morgan fingerprint density at radius 1 is 0.610 bits per heavy atom. The van der Waals surface area contributed by atoms with E-state index in [1.54, 1.807) is 6.08 Å². The van der Waals surface area contributed by atoms with Gasteiger partial charge in [0.25, 0.3) is 0 Å². The zero-order valence-corrected chi connectivity index (χ0v) is 37.7. The summed E-state index contributed by atoms with van der Waals surface area (Å²) < 4.78 is 34.1. The summed E-state index contributed by atoms with van der Waals surface area (Å²) in [7, 11) is 1.35. The number of carbonyl (C=O) groups is 2. The van der Waals surface area contributed by atoms with Gasteiger partial charge in [-0.25, -0.2) is 4.57 Å². The minimum atomic E-state index is -4.43. The number of phosphoric acid groups is 1. The van der Waals surface area contributed by atoms with E-state index in [0.29, 0.717) is 36.7 Å². The van der Waals surface area contributed by atoms with Gasteiger partial charge in [0, 0.05) is 12.8 Å². The first kappa shape index (κ1) is 55.4. The van der Waals surface area contributed by atoms with E-state index in [1.165, 1.54) is 0 Å². The average molecular weight is 843 g/mol. The van der Waals surface area contributed by atoms with Gasteiger partial charge in [0.2, 0.25) is 0 Å². The molecular weight excluding hydrogens is 765 g/mol. The Morgan fingerprint density at radius 3 is 1.71 bits per heavy atom. The SMILES string of the molecule is CC/C=C\C/C=C\C/C=C\C/C=C\CCCCC(=O)OC[C@H](COP(=O)(O)OCC[N+](C)(C)C)OC(=O)CC/C=C\C/C=C\C/C=C\C=C\C(O)C/C=C\C/C=C\CC. The molecule has 0 amide bonds. The van der Waals surface area contributed by atoms with Crippen molar-refractivity contribution in [3.8, 4) is 0 Å². The van der Waals surface area contributed by atoms with Crippen LogP contribution in [0, 0.1) is 0 Å². The van der Waals surface area contributed by atoms with Crippen LogP contribution in [-0.4, -0.2) is 86.1 Å². The molecule has 2 unspecified atom stereocenters. The molecule has 0 aromatic rings. The molecule has 0 aromatic heterocycles. The zero-order chi connectivity index (χ0) is 43.7.